The lowest BCUT2D eigenvalue weighted by Crippen LogP contribution is -2.43. The van der Waals surface area contributed by atoms with Gasteiger partial charge in [-0.3, -0.25) is 0 Å². The third-order valence-electron chi connectivity index (χ3n) is 3.79. The molecule has 0 aromatic heterocycles. The normalized spacial score (nSPS) is 42.2. The molecule has 90 valence electrons. The molecule has 1 fully saturated rings. The van der Waals surface area contributed by atoms with E-state index in [1.807, 2.05) is 11.8 Å². The molecular formula is C13H26OS. The van der Waals surface area contributed by atoms with E-state index >= 15 is 0 Å². The smallest absolute Gasteiger partial charge is 0.106 e. The highest BCUT2D eigenvalue weighted by molar-refractivity contribution is 8.00. The molecule has 15 heavy (non-hydrogen) atoms. The molecule has 2 unspecified atom stereocenters. The maximum absolute atomic E-state index is 6.20. The summed E-state index contributed by atoms with van der Waals surface area (Å²) in [6, 6.07) is 0. The van der Waals surface area contributed by atoms with Gasteiger partial charge in [0, 0.05) is 5.25 Å². The Labute approximate surface area is 99.3 Å². The van der Waals surface area contributed by atoms with Crippen LogP contribution in [0.25, 0.3) is 0 Å². The molecule has 1 saturated heterocycles. The van der Waals surface area contributed by atoms with Crippen LogP contribution in [-0.4, -0.2) is 16.8 Å². The molecule has 0 aromatic rings. The van der Waals surface area contributed by atoms with Crippen LogP contribution >= 0.6 is 11.8 Å². The van der Waals surface area contributed by atoms with Crippen LogP contribution < -0.4 is 0 Å². The van der Waals surface area contributed by atoms with Crippen molar-refractivity contribution in [1.82, 2.24) is 0 Å². The highest BCUT2D eigenvalue weighted by atomic mass is 32.2. The summed E-state index contributed by atoms with van der Waals surface area (Å²) in [4.78, 5) is 0. The van der Waals surface area contributed by atoms with Crippen molar-refractivity contribution in [2.24, 2.45) is 17.8 Å². The predicted molar refractivity (Wildman–Crippen MR) is 69.2 cm³/mol. The van der Waals surface area contributed by atoms with Crippen LogP contribution in [0.2, 0.25) is 0 Å². The van der Waals surface area contributed by atoms with Crippen LogP contribution in [0.3, 0.4) is 0 Å². The van der Waals surface area contributed by atoms with E-state index in [1.54, 1.807) is 0 Å². The van der Waals surface area contributed by atoms with Gasteiger partial charge in [0.25, 0.3) is 0 Å². The SMILES string of the molecule is CCC1O[C@@H](SC(C)C)[C@@H](C)C(C)[C@@H]1C. The topological polar surface area (TPSA) is 9.23 Å². The number of thioether (sulfide) groups is 1. The van der Waals surface area contributed by atoms with Crippen molar-refractivity contribution in [2.75, 3.05) is 0 Å². The van der Waals surface area contributed by atoms with E-state index in [4.69, 9.17) is 4.74 Å². The molecule has 1 nitrogen and oxygen atoms in total. The summed E-state index contributed by atoms with van der Waals surface area (Å²) in [5.41, 5.74) is 0.404. The van der Waals surface area contributed by atoms with Gasteiger partial charge in [0.15, 0.2) is 0 Å². The minimum Gasteiger partial charge on any atom is -0.364 e. The van der Waals surface area contributed by atoms with Gasteiger partial charge in [0.05, 0.1) is 6.10 Å². The van der Waals surface area contributed by atoms with Gasteiger partial charge < -0.3 is 4.74 Å². The molecule has 5 atom stereocenters. The lowest BCUT2D eigenvalue weighted by molar-refractivity contribution is -0.0946. The van der Waals surface area contributed by atoms with Gasteiger partial charge in [-0.15, -0.1) is 11.8 Å². The Bertz CT molecular complexity index is 191. The molecule has 2 heteroatoms. The molecular weight excluding hydrogens is 204 g/mol. The number of hydrogen-bond acceptors (Lipinski definition) is 2. The summed E-state index contributed by atoms with van der Waals surface area (Å²) in [5.74, 6) is 2.16. The molecule has 0 bridgehead atoms. The fourth-order valence-corrected chi connectivity index (χ4v) is 3.62. The highest BCUT2D eigenvalue weighted by Gasteiger charge is 2.38. The molecule has 1 aliphatic rings. The Balaban J connectivity index is 2.65. The summed E-state index contributed by atoms with van der Waals surface area (Å²) >= 11 is 1.99. The molecule has 0 saturated carbocycles. The Hall–Kier alpha value is 0.310. The Kier molecular flexibility index (Phi) is 4.98. The molecule has 0 amide bonds. The molecule has 1 aliphatic heterocycles. The van der Waals surface area contributed by atoms with Crippen LogP contribution in [-0.2, 0) is 4.74 Å². The van der Waals surface area contributed by atoms with E-state index in [0.717, 1.165) is 12.3 Å². The van der Waals surface area contributed by atoms with Crippen LogP contribution in [0.5, 0.6) is 0 Å². The van der Waals surface area contributed by atoms with Crippen LogP contribution in [0.15, 0.2) is 0 Å². The van der Waals surface area contributed by atoms with Crippen LogP contribution in [0.1, 0.15) is 48.0 Å². The lowest BCUT2D eigenvalue weighted by Gasteiger charge is -2.43. The highest BCUT2D eigenvalue weighted by Crippen LogP contribution is 2.41. The second kappa shape index (κ2) is 5.58. The fraction of sp³-hybridized carbons (Fsp3) is 1.00. The number of ether oxygens (including phenoxy) is 1. The average molecular weight is 230 g/mol. The molecule has 0 N–H and O–H groups in total. The quantitative estimate of drug-likeness (QED) is 0.719. The minimum atomic E-state index is 0.404. The van der Waals surface area contributed by atoms with Crippen LogP contribution in [0.4, 0.5) is 0 Å². The van der Waals surface area contributed by atoms with Crippen molar-refractivity contribution < 1.29 is 4.74 Å². The van der Waals surface area contributed by atoms with Gasteiger partial charge in [0.1, 0.15) is 5.44 Å². The van der Waals surface area contributed by atoms with Crippen molar-refractivity contribution >= 4 is 11.8 Å². The molecule has 0 aromatic carbocycles. The van der Waals surface area contributed by atoms with Gasteiger partial charge in [-0.2, -0.15) is 0 Å². The maximum atomic E-state index is 6.20. The zero-order valence-corrected chi connectivity index (χ0v) is 11.8. The number of hydrogen-bond donors (Lipinski definition) is 0. The summed E-state index contributed by atoms with van der Waals surface area (Å²) in [6.45, 7) is 13.8. The van der Waals surface area contributed by atoms with Crippen molar-refractivity contribution in [1.29, 1.82) is 0 Å². The van der Waals surface area contributed by atoms with Crippen molar-refractivity contribution in [2.45, 2.75) is 64.8 Å². The first-order chi connectivity index (χ1) is 6.97. The van der Waals surface area contributed by atoms with Gasteiger partial charge in [0.2, 0.25) is 0 Å². The Morgan fingerprint density at radius 2 is 1.67 bits per heavy atom. The standard InChI is InChI=1S/C13H26OS/c1-7-12-10(5)9(4)11(6)13(14-12)15-8(2)3/h8-13H,7H2,1-6H3/t9?,10-,11-,12?,13-/m0/s1. The second-order valence-corrected chi connectivity index (χ2v) is 6.89. The minimum absolute atomic E-state index is 0.404. The van der Waals surface area contributed by atoms with Crippen LogP contribution in [0, 0.1) is 17.8 Å². The summed E-state index contributed by atoms with van der Waals surface area (Å²) in [5, 5.41) is 0.663. The molecule has 1 heterocycles. The average Bonchev–Trinajstić information content (AvgIpc) is 2.18. The van der Waals surface area contributed by atoms with Gasteiger partial charge in [-0.05, 0) is 24.2 Å². The Morgan fingerprint density at radius 1 is 1.07 bits per heavy atom. The first kappa shape index (κ1) is 13.4. The third-order valence-corrected chi connectivity index (χ3v) is 5.14. The summed E-state index contributed by atoms with van der Waals surface area (Å²) < 4.78 is 6.20. The fourth-order valence-electron chi connectivity index (χ4n) is 2.38. The zero-order valence-electron chi connectivity index (χ0n) is 11.0. The molecule has 0 radical (unpaired) electrons. The van der Waals surface area contributed by atoms with Gasteiger partial charge >= 0.3 is 0 Å². The third kappa shape index (κ3) is 3.13. The van der Waals surface area contributed by atoms with Gasteiger partial charge in [-0.1, -0.05) is 41.5 Å². The first-order valence-corrected chi connectivity index (χ1v) is 7.22. The zero-order chi connectivity index (χ0) is 11.6. The largest absolute Gasteiger partial charge is 0.364 e. The Morgan fingerprint density at radius 3 is 2.13 bits per heavy atom. The van der Waals surface area contributed by atoms with Crippen molar-refractivity contribution in [3.8, 4) is 0 Å². The molecule has 0 aliphatic carbocycles. The lowest BCUT2D eigenvalue weighted by atomic mass is 9.79. The summed E-state index contributed by atoms with van der Waals surface area (Å²) in [7, 11) is 0. The van der Waals surface area contributed by atoms with E-state index < -0.39 is 0 Å². The van der Waals surface area contributed by atoms with E-state index in [2.05, 4.69) is 41.5 Å². The number of rotatable bonds is 3. The maximum Gasteiger partial charge on any atom is 0.106 e. The predicted octanol–water partition coefficient (Wildman–Crippen LogP) is 4.17. The summed E-state index contributed by atoms with van der Waals surface area (Å²) in [6.07, 6.45) is 1.61. The van der Waals surface area contributed by atoms with E-state index in [-0.39, 0.29) is 0 Å². The molecule has 0 spiro atoms. The molecule has 1 rings (SSSR count). The van der Waals surface area contributed by atoms with Crippen molar-refractivity contribution in [3.63, 3.8) is 0 Å². The second-order valence-electron chi connectivity index (χ2n) is 5.21. The van der Waals surface area contributed by atoms with E-state index in [9.17, 15) is 0 Å². The van der Waals surface area contributed by atoms with Gasteiger partial charge in [-0.25, -0.2) is 0 Å². The van der Waals surface area contributed by atoms with Crippen molar-refractivity contribution in [3.05, 3.63) is 0 Å². The monoisotopic (exact) mass is 230 g/mol. The van der Waals surface area contributed by atoms with E-state index in [1.165, 1.54) is 0 Å². The van der Waals surface area contributed by atoms with E-state index in [0.29, 0.717) is 28.6 Å². The first-order valence-electron chi connectivity index (χ1n) is 6.28.